The maximum atomic E-state index is 13.3. The first-order valence-electron chi connectivity index (χ1n) is 12.6. The Morgan fingerprint density at radius 1 is 0.811 bits per heavy atom. The Kier molecular flexibility index (Phi) is 7.51. The van der Waals surface area contributed by atoms with Crippen LogP contribution in [0.1, 0.15) is 30.9 Å². The molecule has 0 bridgehead atoms. The molecule has 9 nitrogen and oxygen atoms in total. The zero-order valence-electron chi connectivity index (χ0n) is 21.0. The first kappa shape index (κ1) is 24.6. The SMILES string of the molecule is C[C@H](Cn1cccn1)N(CC(=O)N1CCC(c2ccccc2)=N1)CC(=O)N1CCC(c2ccccc2)=N1. The molecule has 1 aromatic heterocycles. The molecule has 190 valence electrons. The average Bonchev–Trinajstić information content (AvgIpc) is 3.71. The van der Waals surface area contributed by atoms with Crippen LogP contribution in [-0.4, -0.2) is 80.2 Å². The number of hydrogen-bond acceptors (Lipinski definition) is 6. The number of nitrogens with zero attached hydrogens (tertiary/aromatic N) is 7. The van der Waals surface area contributed by atoms with Gasteiger partial charge in [-0.25, -0.2) is 10.0 Å². The van der Waals surface area contributed by atoms with Gasteiger partial charge in [-0.3, -0.25) is 19.2 Å². The maximum Gasteiger partial charge on any atom is 0.256 e. The molecule has 2 aliphatic rings. The molecule has 0 fully saturated rings. The fourth-order valence-corrected chi connectivity index (χ4v) is 4.61. The van der Waals surface area contributed by atoms with Crippen molar-refractivity contribution in [3.63, 3.8) is 0 Å². The molecule has 0 saturated heterocycles. The van der Waals surface area contributed by atoms with Gasteiger partial charge in [0, 0.05) is 31.3 Å². The number of amides is 2. The third kappa shape index (κ3) is 6.00. The van der Waals surface area contributed by atoms with Gasteiger partial charge < -0.3 is 0 Å². The molecule has 0 spiro atoms. The van der Waals surface area contributed by atoms with Crippen LogP contribution in [0.2, 0.25) is 0 Å². The second-order valence-electron chi connectivity index (χ2n) is 9.34. The van der Waals surface area contributed by atoms with Crippen LogP contribution < -0.4 is 0 Å². The van der Waals surface area contributed by atoms with Crippen molar-refractivity contribution in [2.75, 3.05) is 26.2 Å². The van der Waals surface area contributed by atoms with Crippen molar-refractivity contribution >= 4 is 23.2 Å². The lowest BCUT2D eigenvalue weighted by Gasteiger charge is -2.29. The van der Waals surface area contributed by atoms with Gasteiger partial charge in [-0.05, 0) is 24.1 Å². The van der Waals surface area contributed by atoms with E-state index in [9.17, 15) is 9.59 Å². The molecule has 37 heavy (non-hydrogen) atoms. The molecule has 2 aliphatic heterocycles. The van der Waals surface area contributed by atoms with Crippen molar-refractivity contribution < 1.29 is 9.59 Å². The summed E-state index contributed by atoms with van der Waals surface area (Å²) in [6.45, 7) is 3.81. The molecule has 3 heterocycles. The number of benzene rings is 2. The van der Waals surface area contributed by atoms with Crippen LogP contribution in [0, 0.1) is 0 Å². The predicted octanol–water partition coefficient (Wildman–Crippen LogP) is 2.85. The van der Waals surface area contributed by atoms with E-state index in [-0.39, 0.29) is 30.9 Å². The summed E-state index contributed by atoms with van der Waals surface area (Å²) in [4.78, 5) is 28.5. The lowest BCUT2D eigenvalue weighted by molar-refractivity contribution is -0.136. The molecule has 5 rings (SSSR count). The first-order valence-corrected chi connectivity index (χ1v) is 12.6. The van der Waals surface area contributed by atoms with Crippen molar-refractivity contribution in [2.24, 2.45) is 10.2 Å². The molecule has 3 aromatic rings. The molecule has 9 heteroatoms. The summed E-state index contributed by atoms with van der Waals surface area (Å²) in [6, 6.07) is 21.6. The fraction of sp³-hybridized carbons (Fsp3) is 0.321. The van der Waals surface area contributed by atoms with Gasteiger partial charge in [0.2, 0.25) is 0 Å². The number of carbonyl (C=O) groups excluding carboxylic acids is 2. The highest BCUT2D eigenvalue weighted by atomic mass is 16.2. The van der Waals surface area contributed by atoms with Gasteiger partial charge in [0.05, 0.1) is 44.1 Å². The maximum absolute atomic E-state index is 13.3. The van der Waals surface area contributed by atoms with Crippen molar-refractivity contribution in [3.05, 3.63) is 90.3 Å². The Labute approximate surface area is 216 Å². The number of rotatable bonds is 9. The Hall–Kier alpha value is -4.11. The summed E-state index contributed by atoms with van der Waals surface area (Å²) in [5.74, 6) is -0.248. The molecule has 0 aliphatic carbocycles. The van der Waals surface area contributed by atoms with Crippen LogP contribution in [-0.2, 0) is 16.1 Å². The van der Waals surface area contributed by atoms with Crippen LogP contribution in [0.15, 0.2) is 89.3 Å². The van der Waals surface area contributed by atoms with E-state index in [2.05, 4.69) is 15.3 Å². The highest BCUT2D eigenvalue weighted by Gasteiger charge is 2.29. The van der Waals surface area contributed by atoms with Gasteiger partial charge in [-0.2, -0.15) is 15.3 Å². The van der Waals surface area contributed by atoms with Crippen LogP contribution in [0.5, 0.6) is 0 Å². The van der Waals surface area contributed by atoms with Crippen LogP contribution in [0.4, 0.5) is 0 Å². The largest absolute Gasteiger partial charge is 0.281 e. The normalized spacial score (nSPS) is 16.2. The summed E-state index contributed by atoms with van der Waals surface area (Å²) >= 11 is 0. The van der Waals surface area contributed by atoms with Gasteiger partial charge in [0.25, 0.3) is 11.8 Å². The van der Waals surface area contributed by atoms with E-state index >= 15 is 0 Å². The molecule has 0 N–H and O–H groups in total. The molecular weight excluding hydrogens is 466 g/mol. The van der Waals surface area contributed by atoms with Crippen molar-refractivity contribution in [1.82, 2.24) is 24.7 Å². The second-order valence-corrected chi connectivity index (χ2v) is 9.34. The zero-order valence-corrected chi connectivity index (χ0v) is 21.0. The van der Waals surface area contributed by atoms with Crippen LogP contribution >= 0.6 is 0 Å². The zero-order chi connectivity index (χ0) is 25.6. The van der Waals surface area contributed by atoms with E-state index in [0.717, 1.165) is 22.6 Å². The molecule has 1 atom stereocenters. The Morgan fingerprint density at radius 3 is 1.78 bits per heavy atom. The highest BCUT2D eigenvalue weighted by Crippen LogP contribution is 2.17. The van der Waals surface area contributed by atoms with E-state index < -0.39 is 0 Å². The predicted molar refractivity (Wildman–Crippen MR) is 142 cm³/mol. The Morgan fingerprint density at radius 2 is 1.32 bits per heavy atom. The van der Waals surface area contributed by atoms with E-state index in [1.54, 1.807) is 6.20 Å². The molecule has 2 amide bonds. The molecular formula is C28H31N7O2. The van der Waals surface area contributed by atoms with E-state index in [4.69, 9.17) is 0 Å². The summed E-state index contributed by atoms with van der Waals surface area (Å²) in [5.41, 5.74) is 3.86. The third-order valence-corrected chi connectivity index (χ3v) is 6.70. The first-order chi connectivity index (χ1) is 18.1. The van der Waals surface area contributed by atoms with Crippen molar-refractivity contribution in [1.29, 1.82) is 0 Å². The summed E-state index contributed by atoms with van der Waals surface area (Å²) < 4.78 is 1.82. The number of hydrazone groups is 2. The minimum Gasteiger partial charge on any atom is -0.281 e. The molecule has 2 aromatic carbocycles. The molecule has 0 radical (unpaired) electrons. The van der Waals surface area contributed by atoms with Gasteiger partial charge in [-0.1, -0.05) is 60.7 Å². The van der Waals surface area contributed by atoms with Gasteiger partial charge in [0.1, 0.15) is 0 Å². The number of hydrogen-bond donors (Lipinski definition) is 0. The lowest BCUT2D eigenvalue weighted by atomic mass is 10.1. The Balaban J connectivity index is 1.28. The monoisotopic (exact) mass is 497 g/mol. The summed E-state index contributed by atoms with van der Waals surface area (Å²) in [7, 11) is 0. The van der Waals surface area contributed by atoms with Crippen molar-refractivity contribution in [3.8, 4) is 0 Å². The van der Waals surface area contributed by atoms with Gasteiger partial charge in [-0.15, -0.1) is 0 Å². The standard InChI is InChI=1S/C28H31N7O2/c1-22(19-33-16-8-15-29-33)32(20-27(36)34-17-13-25(30-34)23-9-4-2-5-10-23)21-28(37)35-18-14-26(31-35)24-11-6-3-7-12-24/h2-12,15-16,22H,13-14,17-21H2,1H3/t22-/m1/s1. The van der Waals surface area contributed by atoms with Crippen molar-refractivity contribution in [2.45, 2.75) is 32.4 Å². The van der Waals surface area contributed by atoms with E-state index in [0.29, 0.717) is 32.5 Å². The number of aromatic nitrogens is 2. The van der Waals surface area contributed by atoms with E-state index in [1.165, 1.54) is 10.0 Å². The Bertz CT molecular complexity index is 1190. The van der Waals surface area contributed by atoms with E-state index in [1.807, 2.05) is 89.4 Å². The third-order valence-electron chi connectivity index (χ3n) is 6.70. The van der Waals surface area contributed by atoms with Crippen LogP contribution in [0.3, 0.4) is 0 Å². The molecule has 0 unspecified atom stereocenters. The van der Waals surface area contributed by atoms with Gasteiger partial charge >= 0.3 is 0 Å². The minimum atomic E-state index is -0.124. The number of carbonyl (C=O) groups is 2. The quantitative estimate of drug-likeness (QED) is 0.455. The van der Waals surface area contributed by atoms with Crippen LogP contribution in [0.25, 0.3) is 0 Å². The lowest BCUT2D eigenvalue weighted by Crippen LogP contribution is -2.47. The van der Waals surface area contributed by atoms with Gasteiger partial charge in [0.15, 0.2) is 0 Å². The fourth-order valence-electron chi connectivity index (χ4n) is 4.61. The summed E-state index contributed by atoms with van der Waals surface area (Å²) in [6.07, 6.45) is 5.03. The highest BCUT2D eigenvalue weighted by molar-refractivity contribution is 6.03. The topological polar surface area (TPSA) is 86.4 Å². The second kappa shape index (κ2) is 11.3. The molecule has 0 saturated carbocycles. The summed E-state index contributed by atoms with van der Waals surface area (Å²) in [5, 5.41) is 16.5. The smallest absolute Gasteiger partial charge is 0.256 e. The average molecular weight is 498 g/mol. The minimum absolute atomic E-state index is 0.0862.